The maximum absolute atomic E-state index is 2.45. The van der Waals surface area contributed by atoms with Gasteiger partial charge in [0.15, 0.2) is 0 Å². The van der Waals surface area contributed by atoms with Crippen molar-refractivity contribution in [1.29, 1.82) is 0 Å². The Labute approximate surface area is 447 Å². The molecule has 2 aromatic heterocycles. The number of aromatic nitrogens is 2. The van der Waals surface area contributed by atoms with Gasteiger partial charge in [-0.05, 0) is 151 Å². The molecule has 360 valence electrons. The smallest absolute Gasteiger partial charge is 0.0547 e. The summed E-state index contributed by atoms with van der Waals surface area (Å²) in [5.41, 5.74) is 19.4. The normalized spacial score (nSPS) is 11.6. The van der Waals surface area contributed by atoms with Crippen molar-refractivity contribution < 1.29 is 0 Å². The molecule has 0 radical (unpaired) electrons. The molecule has 15 aromatic rings. The highest BCUT2D eigenvalue weighted by Gasteiger charge is 2.21. The molecule has 15 rings (SSSR count). The van der Waals surface area contributed by atoms with Gasteiger partial charge in [0.25, 0.3) is 0 Å². The van der Waals surface area contributed by atoms with E-state index in [9.17, 15) is 0 Å². The van der Waals surface area contributed by atoms with Crippen LogP contribution in [-0.2, 0) is 0 Å². The fourth-order valence-electron chi connectivity index (χ4n) is 12.1. The number of nitrogens with zero attached hydrogens (tertiary/aromatic N) is 3. The van der Waals surface area contributed by atoms with Crippen LogP contribution in [0.15, 0.2) is 297 Å². The number of rotatable bonds is 9. The lowest BCUT2D eigenvalue weighted by molar-refractivity contribution is 1.18. The van der Waals surface area contributed by atoms with Crippen molar-refractivity contribution in [1.82, 2.24) is 9.13 Å². The van der Waals surface area contributed by atoms with Crippen molar-refractivity contribution in [2.75, 3.05) is 4.90 Å². The number of para-hydroxylation sites is 5. The zero-order valence-corrected chi connectivity index (χ0v) is 42.1. The number of hydrogen-bond acceptors (Lipinski definition) is 1. The Bertz CT molecular complexity index is 4690. The Morgan fingerprint density at radius 2 is 0.740 bits per heavy atom. The summed E-state index contributed by atoms with van der Waals surface area (Å²) < 4.78 is 4.85. The van der Waals surface area contributed by atoms with Crippen LogP contribution in [-0.4, -0.2) is 9.13 Å². The van der Waals surface area contributed by atoms with E-state index in [1.807, 2.05) is 0 Å². The molecule has 0 aliphatic heterocycles. The Kier molecular flexibility index (Phi) is 10.5. The number of fused-ring (bicyclic) bond motifs is 8. The second-order valence-corrected chi connectivity index (χ2v) is 20.1. The Morgan fingerprint density at radius 1 is 0.221 bits per heavy atom. The van der Waals surface area contributed by atoms with E-state index < -0.39 is 0 Å². The first kappa shape index (κ1) is 44.3. The molecule has 0 atom stereocenters. The summed E-state index contributed by atoms with van der Waals surface area (Å²) >= 11 is 0. The fraction of sp³-hybridized carbons (Fsp3) is 0. The van der Waals surface area contributed by atoms with Gasteiger partial charge in [-0.2, -0.15) is 0 Å². The second-order valence-electron chi connectivity index (χ2n) is 20.1. The fourth-order valence-corrected chi connectivity index (χ4v) is 12.1. The summed E-state index contributed by atoms with van der Waals surface area (Å²) in [7, 11) is 0. The first-order chi connectivity index (χ1) is 38.2. The summed E-state index contributed by atoms with van der Waals surface area (Å²) in [5.74, 6) is 0. The standard InChI is InChI=1S/C74H49N3/c1-2-23-59(24-3-1)76-71-33-13-9-30-68(71)69-43-40-55(49-74(69)76)58-45-57(54-37-36-50-18-4-5-20-53(50)44-54)47-62(48-58)75(60-41-38-52(39-42-60)64-31-17-21-51-19-6-7-26-63(51)64)61-25-16-22-56(46-61)65-27-8-12-32-70(65)77-72-34-14-10-28-66(72)67-29-11-15-35-73(67)77/h1-49H. The van der Waals surface area contributed by atoms with Crippen LogP contribution in [0, 0.1) is 0 Å². The lowest BCUT2D eigenvalue weighted by atomic mass is 9.95. The lowest BCUT2D eigenvalue weighted by Crippen LogP contribution is -2.10. The topological polar surface area (TPSA) is 13.1 Å². The van der Waals surface area contributed by atoms with Crippen molar-refractivity contribution in [3.63, 3.8) is 0 Å². The van der Waals surface area contributed by atoms with Gasteiger partial charge < -0.3 is 14.0 Å². The first-order valence-electron chi connectivity index (χ1n) is 26.5. The van der Waals surface area contributed by atoms with Crippen LogP contribution in [0.25, 0.3) is 121 Å². The van der Waals surface area contributed by atoms with Crippen LogP contribution in [0.5, 0.6) is 0 Å². The molecule has 0 aliphatic rings. The van der Waals surface area contributed by atoms with Crippen molar-refractivity contribution in [3.05, 3.63) is 297 Å². The summed E-state index contributed by atoms with van der Waals surface area (Å²) in [6, 6.07) is 109. The predicted octanol–water partition coefficient (Wildman–Crippen LogP) is 20.3. The molecule has 0 unspecified atom stereocenters. The van der Waals surface area contributed by atoms with E-state index >= 15 is 0 Å². The third kappa shape index (κ3) is 7.59. The van der Waals surface area contributed by atoms with Gasteiger partial charge in [0, 0.05) is 49.9 Å². The van der Waals surface area contributed by atoms with Gasteiger partial charge in [0.1, 0.15) is 0 Å². The molecule has 0 saturated carbocycles. The van der Waals surface area contributed by atoms with Crippen molar-refractivity contribution >= 4 is 82.2 Å². The van der Waals surface area contributed by atoms with E-state index in [1.165, 1.54) is 76.3 Å². The Morgan fingerprint density at radius 3 is 1.48 bits per heavy atom. The maximum Gasteiger partial charge on any atom is 0.0547 e. The van der Waals surface area contributed by atoms with E-state index in [-0.39, 0.29) is 0 Å². The van der Waals surface area contributed by atoms with E-state index in [0.29, 0.717) is 0 Å². The molecule has 0 saturated heterocycles. The van der Waals surface area contributed by atoms with E-state index in [0.717, 1.165) is 61.8 Å². The third-order valence-electron chi connectivity index (χ3n) is 15.6. The van der Waals surface area contributed by atoms with Gasteiger partial charge >= 0.3 is 0 Å². The molecule has 0 fully saturated rings. The average Bonchev–Trinajstić information content (AvgIpc) is 4.14. The van der Waals surface area contributed by atoms with Gasteiger partial charge in [-0.3, -0.25) is 0 Å². The molecule has 2 heterocycles. The van der Waals surface area contributed by atoms with Crippen molar-refractivity contribution in [2.45, 2.75) is 0 Å². The molecule has 0 bridgehead atoms. The molecule has 0 amide bonds. The SMILES string of the molecule is c1ccc(-n2c3ccccc3c3ccc(-c4cc(-c5ccc6ccccc6c5)cc(N(c5ccc(-c6cccc7ccccc67)cc5)c5cccc(-c6ccccc6-n6c7ccccc7c7ccccc76)c5)c4)cc32)cc1. The highest BCUT2D eigenvalue weighted by atomic mass is 15.1. The third-order valence-corrected chi connectivity index (χ3v) is 15.6. The van der Waals surface area contributed by atoms with Crippen LogP contribution < -0.4 is 4.90 Å². The number of benzene rings is 13. The van der Waals surface area contributed by atoms with Gasteiger partial charge in [0.2, 0.25) is 0 Å². The lowest BCUT2D eigenvalue weighted by Gasteiger charge is -2.28. The minimum atomic E-state index is 1.05. The maximum atomic E-state index is 2.45. The molecule has 77 heavy (non-hydrogen) atoms. The zero-order valence-electron chi connectivity index (χ0n) is 42.1. The molecular weight excluding hydrogens is 931 g/mol. The van der Waals surface area contributed by atoms with E-state index in [1.54, 1.807) is 0 Å². The highest BCUT2D eigenvalue weighted by molar-refractivity contribution is 6.11. The van der Waals surface area contributed by atoms with Gasteiger partial charge in [-0.1, -0.05) is 206 Å². The van der Waals surface area contributed by atoms with Crippen LogP contribution in [0.4, 0.5) is 17.1 Å². The monoisotopic (exact) mass is 979 g/mol. The van der Waals surface area contributed by atoms with Crippen LogP contribution >= 0.6 is 0 Å². The predicted molar refractivity (Wildman–Crippen MR) is 327 cm³/mol. The van der Waals surface area contributed by atoms with E-state index in [4.69, 9.17) is 0 Å². The van der Waals surface area contributed by atoms with Gasteiger partial charge in [-0.15, -0.1) is 0 Å². The average molecular weight is 980 g/mol. The number of anilines is 3. The molecular formula is C74H49N3. The molecule has 0 aliphatic carbocycles. The first-order valence-corrected chi connectivity index (χ1v) is 26.5. The second kappa shape index (κ2) is 18.3. The summed E-state index contributed by atoms with van der Waals surface area (Å²) in [6.07, 6.45) is 0. The zero-order chi connectivity index (χ0) is 50.8. The van der Waals surface area contributed by atoms with Crippen molar-refractivity contribution in [2.24, 2.45) is 0 Å². The molecule has 13 aromatic carbocycles. The van der Waals surface area contributed by atoms with Gasteiger partial charge in [0.05, 0.1) is 27.8 Å². The Balaban J connectivity index is 0.956. The van der Waals surface area contributed by atoms with Crippen LogP contribution in [0.2, 0.25) is 0 Å². The van der Waals surface area contributed by atoms with E-state index in [2.05, 4.69) is 311 Å². The quantitative estimate of drug-likeness (QED) is 0.140. The summed E-state index contributed by atoms with van der Waals surface area (Å²) in [4.78, 5) is 2.45. The molecule has 0 spiro atoms. The minimum Gasteiger partial charge on any atom is -0.310 e. The Hall–Kier alpha value is -10.2. The van der Waals surface area contributed by atoms with Crippen molar-refractivity contribution in [3.8, 4) is 55.9 Å². The molecule has 3 heteroatoms. The van der Waals surface area contributed by atoms with Gasteiger partial charge in [-0.25, -0.2) is 0 Å². The minimum absolute atomic E-state index is 1.05. The largest absolute Gasteiger partial charge is 0.310 e. The molecule has 3 nitrogen and oxygen atoms in total. The summed E-state index contributed by atoms with van der Waals surface area (Å²) in [5, 5.41) is 9.85. The van der Waals surface area contributed by atoms with Crippen LogP contribution in [0.3, 0.4) is 0 Å². The molecule has 0 N–H and O–H groups in total. The number of hydrogen-bond donors (Lipinski definition) is 0. The van der Waals surface area contributed by atoms with Crippen LogP contribution in [0.1, 0.15) is 0 Å². The summed E-state index contributed by atoms with van der Waals surface area (Å²) in [6.45, 7) is 0. The highest BCUT2D eigenvalue weighted by Crippen LogP contribution is 2.45.